The van der Waals surface area contributed by atoms with Crippen molar-refractivity contribution in [3.63, 3.8) is 0 Å². The standard InChI is InChI=1S/C11H19NO3/c13-11(14)15-12-7-9-5-3-1-2-4-6-10(9)8-12/h9-10H,1-8H2,(H,13,14). The number of nitrogens with zero attached hydrogens (tertiary/aromatic N) is 1. The molecule has 0 bridgehead atoms. The first kappa shape index (κ1) is 10.7. The SMILES string of the molecule is O=C(O)ON1CC2CCCCCCC2C1. The fourth-order valence-electron chi connectivity index (χ4n) is 2.90. The maximum Gasteiger partial charge on any atom is 0.525 e. The molecule has 2 fully saturated rings. The highest BCUT2D eigenvalue weighted by atomic mass is 16.8. The summed E-state index contributed by atoms with van der Waals surface area (Å²) < 4.78 is 0. The Balaban J connectivity index is 1.88. The van der Waals surface area contributed by atoms with Crippen LogP contribution >= 0.6 is 0 Å². The maximum atomic E-state index is 10.4. The lowest BCUT2D eigenvalue weighted by Crippen LogP contribution is -2.24. The van der Waals surface area contributed by atoms with E-state index in [9.17, 15) is 4.79 Å². The lowest BCUT2D eigenvalue weighted by Gasteiger charge is -2.20. The third-order valence-corrected chi connectivity index (χ3v) is 3.65. The summed E-state index contributed by atoms with van der Waals surface area (Å²) in [5.74, 6) is 1.31. The number of carbonyl (C=O) groups is 1. The fraction of sp³-hybridized carbons (Fsp3) is 0.909. The number of carboxylic acid groups (broad SMARTS) is 1. The Morgan fingerprint density at radius 1 is 1.07 bits per heavy atom. The van der Waals surface area contributed by atoms with Crippen LogP contribution in [-0.4, -0.2) is 29.4 Å². The monoisotopic (exact) mass is 213 g/mol. The smallest absolute Gasteiger partial charge is 0.448 e. The maximum absolute atomic E-state index is 10.4. The molecule has 0 aromatic rings. The van der Waals surface area contributed by atoms with Crippen LogP contribution in [-0.2, 0) is 4.84 Å². The highest BCUT2D eigenvalue weighted by Gasteiger charge is 2.34. The summed E-state index contributed by atoms with van der Waals surface area (Å²) in [7, 11) is 0. The van der Waals surface area contributed by atoms with Gasteiger partial charge in [-0.1, -0.05) is 25.7 Å². The molecular formula is C11H19NO3. The van der Waals surface area contributed by atoms with Gasteiger partial charge in [0.2, 0.25) is 0 Å². The van der Waals surface area contributed by atoms with Crippen molar-refractivity contribution in [1.82, 2.24) is 5.06 Å². The molecule has 2 rings (SSSR count). The molecule has 0 spiro atoms. The highest BCUT2D eigenvalue weighted by Crippen LogP contribution is 2.34. The van der Waals surface area contributed by atoms with E-state index in [1.807, 2.05) is 0 Å². The van der Waals surface area contributed by atoms with Crippen LogP contribution < -0.4 is 0 Å². The first-order valence-corrected chi connectivity index (χ1v) is 5.91. The Morgan fingerprint density at radius 2 is 1.60 bits per heavy atom. The summed E-state index contributed by atoms with van der Waals surface area (Å²) in [6.07, 6.45) is 6.56. The molecule has 0 aromatic carbocycles. The molecule has 4 heteroatoms. The minimum Gasteiger partial charge on any atom is -0.448 e. The summed E-state index contributed by atoms with van der Waals surface area (Å²) in [4.78, 5) is 15.2. The molecule has 0 amide bonds. The van der Waals surface area contributed by atoms with Gasteiger partial charge in [0.15, 0.2) is 0 Å². The van der Waals surface area contributed by atoms with E-state index in [4.69, 9.17) is 9.94 Å². The van der Waals surface area contributed by atoms with Gasteiger partial charge in [0, 0.05) is 13.1 Å². The zero-order valence-electron chi connectivity index (χ0n) is 9.02. The second kappa shape index (κ2) is 4.84. The Hall–Kier alpha value is -0.770. The molecule has 86 valence electrons. The summed E-state index contributed by atoms with van der Waals surface area (Å²) in [5, 5.41) is 10.2. The van der Waals surface area contributed by atoms with Crippen LogP contribution in [0, 0.1) is 11.8 Å². The Kier molecular flexibility index (Phi) is 3.46. The summed E-state index contributed by atoms with van der Waals surface area (Å²) >= 11 is 0. The van der Waals surface area contributed by atoms with Crippen LogP contribution in [0.1, 0.15) is 38.5 Å². The van der Waals surface area contributed by atoms with Gasteiger partial charge in [-0.2, -0.15) is 0 Å². The third-order valence-electron chi connectivity index (χ3n) is 3.65. The molecule has 2 unspecified atom stereocenters. The van der Waals surface area contributed by atoms with Gasteiger partial charge >= 0.3 is 6.16 Å². The summed E-state index contributed by atoms with van der Waals surface area (Å²) in [6.45, 7) is 1.61. The molecule has 0 aromatic heterocycles. The molecule has 1 saturated carbocycles. The van der Waals surface area contributed by atoms with E-state index < -0.39 is 6.16 Å². The van der Waals surface area contributed by atoms with Crippen molar-refractivity contribution < 1.29 is 14.7 Å². The van der Waals surface area contributed by atoms with Crippen LogP contribution in [0.3, 0.4) is 0 Å². The molecule has 2 aliphatic rings. The molecule has 1 aliphatic carbocycles. The van der Waals surface area contributed by atoms with Gasteiger partial charge in [-0.05, 0) is 24.7 Å². The number of hydroxylamine groups is 2. The van der Waals surface area contributed by atoms with Gasteiger partial charge in [0.1, 0.15) is 0 Å². The largest absolute Gasteiger partial charge is 0.525 e. The van der Waals surface area contributed by atoms with E-state index in [-0.39, 0.29) is 0 Å². The number of rotatable bonds is 1. The average molecular weight is 213 g/mol. The van der Waals surface area contributed by atoms with Crippen LogP contribution in [0.25, 0.3) is 0 Å². The Labute approximate surface area is 90.2 Å². The van der Waals surface area contributed by atoms with Crippen molar-refractivity contribution in [2.75, 3.05) is 13.1 Å². The van der Waals surface area contributed by atoms with Gasteiger partial charge in [-0.25, -0.2) is 4.79 Å². The summed E-state index contributed by atoms with van der Waals surface area (Å²) in [5.41, 5.74) is 0. The van der Waals surface area contributed by atoms with E-state index in [2.05, 4.69) is 0 Å². The Morgan fingerprint density at radius 3 is 2.07 bits per heavy atom. The van der Waals surface area contributed by atoms with Crippen molar-refractivity contribution in [3.8, 4) is 0 Å². The van der Waals surface area contributed by atoms with Gasteiger partial charge in [-0.15, -0.1) is 5.06 Å². The highest BCUT2D eigenvalue weighted by molar-refractivity contribution is 5.56. The molecule has 1 heterocycles. The van der Waals surface area contributed by atoms with Gasteiger partial charge in [0.05, 0.1) is 0 Å². The summed E-state index contributed by atoms with van der Waals surface area (Å²) in [6, 6.07) is 0. The second-order valence-electron chi connectivity index (χ2n) is 4.72. The lowest BCUT2D eigenvalue weighted by atomic mass is 9.84. The molecule has 1 saturated heterocycles. The normalized spacial score (nSPS) is 32.8. The van der Waals surface area contributed by atoms with E-state index in [0.717, 1.165) is 13.1 Å². The first-order chi connectivity index (χ1) is 7.25. The van der Waals surface area contributed by atoms with Crippen molar-refractivity contribution in [1.29, 1.82) is 0 Å². The quantitative estimate of drug-likeness (QED) is 0.727. The third kappa shape index (κ3) is 2.84. The van der Waals surface area contributed by atoms with Crippen molar-refractivity contribution in [3.05, 3.63) is 0 Å². The molecule has 4 nitrogen and oxygen atoms in total. The van der Waals surface area contributed by atoms with Crippen molar-refractivity contribution in [2.45, 2.75) is 38.5 Å². The predicted octanol–water partition coefficient (Wildman–Crippen LogP) is 2.50. The van der Waals surface area contributed by atoms with E-state index in [0.29, 0.717) is 11.8 Å². The number of hydrogen-bond donors (Lipinski definition) is 1. The topological polar surface area (TPSA) is 49.8 Å². The average Bonchev–Trinajstić information content (AvgIpc) is 2.46. The minimum absolute atomic E-state index is 0.657. The van der Waals surface area contributed by atoms with Crippen LogP contribution in [0.15, 0.2) is 0 Å². The van der Waals surface area contributed by atoms with Gasteiger partial charge in [0.25, 0.3) is 0 Å². The zero-order valence-corrected chi connectivity index (χ0v) is 9.02. The molecule has 15 heavy (non-hydrogen) atoms. The van der Waals surface area contributed by atoms with Crippen molar-refractivity contribution in [2.24, 2.45) is 11.8 Å². The molecule has 2 atom stereocenters. The van der Waals surface area contributed by atoms with Crippen LogP contribution in [0.4, 0.5) is 4.79 Å². The molecule has 1 aliphatic heterocycles. The molecular weight excluding hydrogens is 194 g/mol. The van der Waals surface area contributed by atoms with E-state index in [1.54, 1.807) is 5.06 Å². The fourth-order valence-corrected chi connectivity index (χ4v) is 2.90. The second-order valence-corrected chi connectivity index (χ2v) is 4.72. The first-order valence-electron chi connectivity index (χ1n) is 5.91. The number of hydrogen-bond acceptors (Lipinski definition) is 3. The molecule has 0 radical (unpaired) electrons. The predicted molar refractivity (Wildman–Crippen MR) is 55.4 cm³/mol. The van der Waals surface area contributed by atoms with E-state index in [1.165, 1.54) is 38.5 Å². The van der Waals surface area contributed by atoms with E-state index >= 15 is 0 Å². The lowest BCUT2D eigenvalue weighted by molar-refractivity contribution is -0.107. The van der Waals surface area contributed by atoms with Crippen molar-refractivity contribution >= 4 is 6.16 Å². The zero-order chi connectivity index (χ0) is 10.7. The van der Waals surface area contributed by atoms with Gasteiger partial charge in [-0.3, -0.25) is 0 Å². The van der Waals surface area contributed by atoms with Crippen LogP contribution in [0.2, 0.25) is 0 Å². The Bertz CT molecular complexity index is 216. The number of fused-ring (bicyclic) bond motifs is 1. The van der Waals surface area contributed by atoms with Gasteiger partial charge < -0.3 is 9.94 Å². The van der Waals surface area contributed by atoms with Crippen LogP contribution in [0.5, 0.6) is 0 Å². The molecule has 1 N–H and O–H groups in total. The minimum atomic E-state index is -1.18.